The first-order chi connectivity index (χ1) is 5.25. The first-order valence-corrected chi connectivity index (χ1v) is 4.23. The molecule has 3 heteroatoms. The van der Waals surface area contributed by atoms with Gasteiger partial charge in [0.1, 0.15) is 6.04 Å². The lowest BCUT2D eigenvalue weighted by atomic mass is 10.1. The van der Waals surface area contributed by atoms with Gasteiger partial charge in [-0.05, 0) is 34.2 Å². The largest absolute Gasteiger partial charge is 0.312 e. The van der Waals surface area contributed by atoms with Crippen molar-refractivity contribution in [3.8, 4) is 6.07 Å². The van der Waals surface area contributed by atoms with E-state index in [-0.39, 0.29) is 0 Å². The number of benzene rings is 1. The van der Waals surface area contributed by atoms with Crippen molar-refractivity contribution in [1.82, 2.24) is 0 Å². The predicted octanol–water partition coefficient (Wildman–Crippen LogP) is 1.81. The van der Waals surface area contributed by atoms with Crippen LogP contribution in [0.3, 0.4) is 0 Å². The van der Waals surface area contributed by atoms with Crippen LogP contribution in [0.4, 0.5) is 0 Å². The van der Waals surface area contributed by atoms with E-state index in [0.717, 1.165) is 9.13 Å². The van der Waals surface area contributed by atoms with Crippen LogP contribution < -0.4 is 5.73 Å². The van der Waals surface area contributed by atoms with Gasteiger partial charge in [-0.15, -0.1) is 0 Å². The minimum atomic E-state index is -0.497. The molecule has 11 heavy (non-hydrogen) atoms. The van der Waals surface area contributed by atoms with Gasteiger partial charge in [0.05, 0.1) is 6.07 Å². The van der Waals surface area contributed by atoms with Crippen LogP contribution in [0.5, 0.6) is 0 Å². The second-order valence-electron chi connectivity index (χ2n) is 2.13. The number of nitrogens with two attached hydrogens (primary N) is 1. The van der Waals surface area contributed by atoms with Gasteiger partial charge in [-0.1, -0.05) is 18.2 Å². The first kappa shape index (κ1) is 8.50. The smallest absolute Gasteiger partial charge is 0.119 e. The molecular formula is C8H7IN2. The van der Waals surface area contributed by atoms with Crippen LogP contribution in [0.2, 0.25) is 0 Å². The normalized spacial score (nSPS) is 12.1. The highest BCUT2D eigenvalue weighted by Crippen LogP contribution is 2.16. The van der Waals surface area contributed by atoms with Crippen molar-refractivity contribution in [2.75, 3.05) is 0 Å². The molecule has 0 unspecified atom stereocenters. The monoisotopic (exact) mass is 258 g/mol. The standard InChI is InChI=1S/C8H7IN2/c9-7-4-2-1-3-6(7)8(11)5-10/h1-4,8H,11H2/t8-/m1/s1. The van der Waals surface area contributed by atoms with Crippen LogP contribution in [0.25, 0.3) is 0 Å². The van der Waals surface area contributed by atoms with Crippen LogP contribution in [0, 0.1) is 14.9 Å². The molecule has 0 bridgehead atoms. The zero-order valence-electron chi connectivity index (χ0n) is 5.79. The molecule has 0 aromatic heterocycles. The number of nitrogens with zero attached hydrogens (tertiary/aromatic N) is 1. The van der Waals surface area contributed by atoms with Crippen molar-refractivity contribution < 1.29 is 0 Å². The lowest BCUT2D eigenvalue weighted by Gasteiger charge is -2.03. The highest BCUT2D eigenvalue weighted by atomic mass is 127. The summed E-state index contributed by atoms with van der Waals surface area (Å²) in [6.45, 7) is 0. The van der Waals surface area contributed by atoms with Gasteiger partial charge in [0.15, 0.2) is 0 Å². The van der Waals surface area contributed by atoms with Gasteiger partial charge in [-0.3, -0.25) is 0 Å². The zero-order chi connectivity index (χ0) is 8.27. The molecule has 1 atom stereocenters. The molecule has 0 radical (unpaired) electrons. The van der Waals surface area contributed by atoms with Crippen LogP contribution in [0.15, 0.2) is 24.3 Å². The first-order valence-electron chi connectivity index (χ1n) is 3.15. The van der Waals surface area contributed by atoms with Crippen LogP contribution in [-0.4, -0.2) is 0 Å². The minimum absolute atomic E-state index is 0.497. The van der Waals surface area contributed by atoms with Gasteiger partial charge in [0.2, 0.25) is 0 Å². The SMILES string of the molecule is N#C[C@@H](N)c1ccccc1I. The zero-order valence-corrected chi connectivity index (χ0v) is 7.95. The highest BCUT2D eigenvalue weighted by molar-refractivity contribution is 14.1. The summed E-state index contributed by atoms with van der Waals surface area (Å²) in [7, 11) is 0. The molecule has 1 rings (SSSR count). The fourth-order valence-electron chi connectivity index (χ4n) is 0.797. The summed E-state index contributed by atoms with van der Waals surface area (Å²) >= 11 is 2.17. The maximum atomic E-state index is 8.53. The molecule has 0 fully saturated rings. The van der Waals surface area contributed by atoms with Crippen molar-refractivity contribution in [3.05, 3.63) is 33.4 Å². The summed E-state index contributed by atoms with van der Waals surface area (Å²) in [6, 6.07) is 9.12. The molecule has 2 N–H and O–H groups in total. The third-order valence-corrected chi connectivity index (χ3v) is 2.36. The van der Waals surface area contributed by atoms with E-state index >= 15 is 0 Å². The Morgan fingerprint density at radius 1 is 1.45 bits per heavy atom. The molecule has 0 saturated heterocycles. The van der Waals surface area contributed by atoms with Gasteiger partial charge in [0, 0.05) is 3.57 Å². The third-order valence-electron chi connectivity index (χ3n) is 1.38. The quantitative estimate of drug-likeness (QED) is 0.781. The Morgan fingerprint density at radius 3 is 2.64 bits per heavy atom. The fraction of sp³-hybridized carbons (Fsp3) is 0.125. The molecule has 0 heterocycles. The molecule has 1 aromatic carbocycles. The molecule has 0 spiro atoms. The Balaban J connectivity index is 3.05. The van der Waals surface area contributed by atoms with Crippen LogP contribution in [0.1, 0.15) is 11.6 Å². The number of rotatable bonds is 1. The minimum Gasteiger partial charge on any atom is -0.312 e. The van der Waals surface area contributed by atoms with E-state index in [4.69, 9.17) is 11.0 Å². The summed E-state index contributed by atoms with van der Waals surface area (Å²) in [5, 5.41) is 8.53. The fourth-order valence-corrected chi connectivity index (χ4v) is 1.52. The van der Waals surface area contributed by atoms with Crippen molar-refractivity contribution >= 4 is 22.6 Å². The second-order valence-corrected chi connectivity index (χ2v) is 3.29. The van der Waals surface area contributed by atoms with Crippen molar-refractivity contribution in [2.24, 2.45) is 5.73 Å². The lowest BCUT2D eigenvalue weighted by molar-refractivity contribution is 0.919. The molecule has 0 aliphatic carbocycles. The summed E-state index contributed by atoms with van der Waals surface area (Å²) in [5.74, 6) is 0. The molecule has 0 aliphatic heterocycles. The van der Waals surface area contributed by atoms with Gasteiger partial charge in [0.25, 0.3) is 0 Å². The maximum absolute atomic E-state index is 8.53. The van der Waals surface area contributed by atoms with Gasteiger partial charge < -0.3 is 5.73 Å². The lowest BCUT2D eigenvalue weighted by Crippen LogP contribution is -2.08. The summed E-state index contributed by atoms with van der Waals surface area (Å²) in [4.78, 5) is 0. The van der Waals surface area contributed by atoms with E-state index in [1.54, 1.807) is 0 Å². The average Bonchev–Trinajstić information content (AvgIpc) is 2.04. The number of nitriles is 1. The predicted molar refractivity (Wildman–Crippen MR) is 51.7 cm³/mol. The van der Waals surface area contributed by atoms with E-state index < -0.39 is 6.04 Å². The van der Waals surface area contributed by atoms with Crippen LogP contribution in [-0.2, 0) is 0 Å². The molecule has 1 aromatic rings. The van der Waals surface area contributed by atoms with E-state index in [1.807, 2.05) is 30.3 Å². The topological polar surface area (TPSA) is 49.8 Å². The molecular weight excluding hydrogens is 251 g/mol. The summed E-state index contributed by atoms with van der Waals surface area (Å²) < 4.78 is 1.04. The van der Waals surface area contributed by atoms with Gasteiger partial charge in [-0.2, -0.15) is 5.26 Å². The Bertz CT molecular complexity index is 290. The molecule has 56 valence electrons. The average molecular weight is 258 g/mol. The van der Waals surface area contributed by atoms with Crippen molar-refractivity contribution in [3.63, 3.8) is 0 Å². The number of hydrogen-bond donors (Lipinski definition) is 1. The Morgan fingerprint density at radius 2 is 2.09 bits per heavy atom. The Kier molecular flexibility index (Phi) is 2.85. The van der Waals surface area contributed by atoms with E-state index in [0.29, 0.717) is 0 Å². The van der Waals surface area contributed by atoms with Gasteiger partial charge in [-0.25, -0.2) is 0 Å². The number of halogens is 1. The summed E-state index contributed by atoms with van der Waals surface area (Å²) in [6.07, 6.45) is 0. The van der Waals surface area contributed by atoms with Crippen molar-refractivity contribution in [1.29, 1.82) is 5.26 Å². The summed E-state index contributed by atoms with van der Waals surface area (Å²) in [5.41, 5.74) is 6.43. The Hall–Kier alpha value is -0.600. The highest BCUT2D eigenvalue weighted by Gasteiger charge is 2.05. The number of hydrogen-bond acceptors (Lipinski definition) is 2. The Labute approximate surface area is 79.2 Å². The molecule has 0 amide bonds. The maximum Gasteiger partial charge on any atom is 0.119 e. The molecule has 2 nitrogen and oxygen atoms in total. The molecule has 0 saturated carbocycles. The van der Waals surface area contributed by atoms with Gasteiger partial charge >= 0.3 is 0 Å². The van der Waals surface area contributed by atoms with Crippen molar-refractivity contribution in [2.45, 2.75) is 6.04 Å². The van der Waals surface area contributed by atoms with E-state index in [2.05, 4.69) is 22.6 Å². The second kappa shape index (κ2) is 3.69. The third kappa shape index (κ3) is 1.91. The van der Waals surface area contributed by atoms with E-state index in [9.17, 15) is 0 Å². The van der Waals surface area contributed by atoms with E-state index in [1.165, 1.54) is 0 Å². The molecule has 0 aliphatic rings. The van der Waals surface area contributed by atoms with Crippen LogP contribution >= 0.6 is 22.6 Å².